The molecule has 2 fully saturated rings. The van der Waals surface area contributed by atoms with E-state index in [1.54, 1.807) is 31.2 Å². The molecule has 7 rings (SSSR count). The number of hydrogen-bond acceptors (Lipinski definition) is 10. The number of pyridine rings is 1. The fourth-order valence-corrected chi connectivity index (χ4v) is 9.01. The Kier molecular flexibility index (Phi) is 15.6. The van der Waals surface area contributed by atoms with Crippen molar-refractivity contribution in [3.8, 4) is 34.2 Å². The van der Waals surface area contributed by atoms with Crippen LogP contribution in [0.15, 0.2) is 54.7 Å². The summed E-state index contributed by atoms with van der Waals surface area (Å²) >= 11 is 0. The maximum Gasteiger partial charge on any atom is 0.324 e. The molecule has 0 radical (unpaired) electrons. The first kappa shape index (κ1) is 51.1. The molecule has 0 saturated carbocycles. The van der Waals surface area contributed by atoms with E-state index >= 15 is 0 Å². The second-order valence-electron chi connectivity index (χ2n) is 20.2. The number of methoxy groups -OCH3 is 1. The Morgan fingerprint density at radius 3 is 2.54 bits per heavy atom. The standard InChI is InChI=1S/C53H67F2N7O7/c1-11-61-44-17-16-35-26-40(44)41(47(61)39-14-12-20-56-46(39)33(3)67-10)27-52(4,5)31-69-51(66)42-15-13-21-62(58-42)50(65)43(24-34-22-36(35)25-37(23-34)48(54)55)57-49(64)32(2)30-68-38-28-60(29-38)45(63)18-19-53(6,7)59(8)9/h12,14,16-17,20,22-23,25-26,32-33,38,42-43,48,58H,11,13,15,21,24,27-31H2,1-10H3,(H,57,64)/t32?,33-,42-,43-/m0/s1. The van der Waals surface area contributed by atoms with Crippen LogP contribution in [0.5, 0.6) is 0 Å². The van der Waals surface area contributed by atoms with Crippen LogP contribution in [-0.2, 0) is 52.8 Å². The lowest BCUT2D eigenvalue weighted by Gasteiger charge is -2.38. The molecule has 69 heavy (non-hydrogen) atoms. The van der Waals surface area contributed by atoms with Gasteiger partial charge in [-0.2, -0.15) is 0 Å². The van der Waals surface area contributed by atoms with Gasteiger partial charge < -0.3 is 29.0 Å². The second kappa shape index (κ2) is 21.1. The van der Waals surface area contributed by atoms with Crippen molar-refractivity contribution in [1.29, 1.82) is 0 Å². The van der Waals surface area contributed by atoms with Gasteiger partial charge >= 0.3 is 5.97 Å². The highest BCUT2D eigenvalue weighted by Crippen LogP contribution is 2.42. The number of carbonyl (C=O) groups is 4. The Bertz CT molecular complexity index is 2630. The number of aryl methyl sites for hydroxylation is 1. The first-order valence-electron chi connectivity index (χ1n) is 23.9. The summed E-state index contributed by atoms with van der Waals surface area (Å²) in [6.07, 6.45) is -0.441. The van der Waals surface area contributed by atoms with E-state index < -0.39 is 53.2 Å². The van der Waals surface area contributed by atoms with Crippen molar-refractivity contribution >= 4 is 34.6 Å². The van der Waals surface area contributed by atoms with Gasteiger partial charge in [-0.15, -0.1) is 0 Å². The lowest BCUT2D eigenvalue weighted by molar-refractivity contribution is -0.155. The van der Waals surface area contributed by atoms with Crippen LogP contribution in [0, 0.1) is 23.2 Å². The van der Waals surface area contributed by atoms with Crippen LogP contribution in [0.2, 0.25) is 0 Å². The number of alkyl halides is 2. The smallest absolute Gasteiger partial charge is 0.324 e. The van der Waals surface area contributed by atoms with Crippen LogP contribution >= 0.6 is 0 Å². The van der Waals surface area contributed by atoms with Gasteiger partial charge in [0.25, 0.3) is 18.2 Å². The Labute approximate surface area is 404 Å². The summed E-state index contributed by atoms with van der Waals surface area (Å²) in [6, 6.07) is 12.5. The summed E-state index contributed by atoms with van der Waals surface area (Å²) < 4.78 is 49.9. The number of fused-ring (bicyclic) bond motifs is 6. The number of likely N-dealkylation sites (tertiary alicyclic amines) is 1. The highest BCUT2D eigenvalue weighted by Gasteiger charge is 2.37. The Balaban J connectivity index is 1.23. The van der Waals surface area contributed by atoms with Crippen molar-refractivity contribution in [1.82, 2.24) is 35.1 Å². The molecule has 2 aromatic carbocycles. The Morgan fingerprint density at radius 2 is 1.84 bits per heavy atom. The number of ether oxygens (including phenoxy) is 3. The Hall–Kier alpha value is -5.73. The van der Waals surface area contributed by atoms with Crippen molar-refractivity contribution in [2.75, 3.05) is 54.1 Å². The summed E-state index contributed by atoms with van der Waals surface area (Å²) in [5, 5.41) is 5.15. The van der Waals surface area contributed by atoms with Gasteiger partial charge in [-0.3, -0.25) is 34.1 Å². The molecule has 1 unspecified atom stereocenters. The van der Waals surface area contributed by atoms with Crippen molar-refractivity contribution in [2.24, 2.45) is 11.3 Å². The topological polar surface area (TPSA) is 148 Å². The minimum Gasteiger partial charge on any atom is -0.464 e. The van der Waals surface area contributed by atoms with Crippen molar-refractivity contribution < 1.29 is 42.2 Å². The van der Waals surface area contributed by atoms with Crippen LogP contribution in [0.4, 0.5) is 8.78 Å². The number of aromatic nitrogens is 2. The predicted molar refractivity (Wildman–Crippen MR) is 260 cm³/mol. The molecule has 2 aromatic heterocycles. The summed E-state index contributed by atoms with van der Waals surface area (Å²) in [5.74, 6) is 3.19. The number of nitrogens with zero attached hydrogens (tertiary/aromatic N) is 5. The fraction of sp³-hybridized carbons (Fsp3) is 0.528. The lowest BCUT2D eigenvalue weighted by Crippen LogP contribution is -2.61. The maximum atomic E-state index is 14.9. The van der Waals surface area contributed by atoms with Crippen molar-refractivity contribution in [3.05, 3.63) is 77.1 Å². The number of cyclic esters (lactones) is 1. The molecule has 3 amide bonds. The molecule has 2 saturated heterocycles. The fourth-order valence-electron chi connectivity index (χ4n) is 9.01. The molecule has 3 aliphatic rings. The molecule has 370 valence electrons. The summed E-state index contributed by atoms with van der Waals surface area (Å²) in [4.78, 5) is 63.4. The van der Waals surface area contributed by atoms with Gasteiger partial charge in [-0.1, -0.05) is 44.9 Å². The Morgan fingerprint density at radius 1 is 1.09 bits per heavy atom. The molecule has 14 nitrogen and oxygen atoms in total. The van der Waals surface area contributed by atoms with E-state index in [1.807, 2.05) is 83.9 Å². The number of benzene rings is 2. The predicted octanol–water partition coefficient (Wildman–Crippen LogP) is 6.89. The van der Waals surface area contributed by atoms with E-state index in [0.29, 0.717) is 55.6 Å². The minimum absolute atomic E-state index is 0.00939. The van der Waals surface area contributed by atoms with Gasteiger partial charge in [0.15, 0.2) is 0 Å². The zero-order valence-electron chi connectivity index (χ0n) is 41.6. The highest BCUT2D eigenvalue weighted by molar-refractivity contribution is 5.96. The molecule has 6 bridgehead atoms. The number of nitrogens with one attached hydrogen (secondary N) is 2. The molecule has 0 aliphatic carbocycles. The van der Waals surface area contributed by atoms with E-state index in [4.69, 9.17) is 19.2 Å². The van der Waals surface area contributed by atoms with Gasteiger partial charge in [-0.25, -0.2) is 14.2 Å². The number of hydrazine groups is 1. The first-order chi connectivity index (χ1) is 32.7. The quantitative estimate of drug-likeness (QED) is 0.120. The van der Waals surface area contributed by atoms with Crippen molar-refractivity contribution in [3.63, 3.8) is 0 Å². The van der Waals surface area contributed by atoms with Crippen LogP contribution < -0.4 is 10.7 Å². The number of halogens is 2. The third kappa shape index (κ3) is 11.5. The van der Waals surface area contributed by atoms with E-state index in [1.165, 1.54) is 17.1 Å². The molecule has 16 heteroatoms. The third-order valence-corrected chi connectivity index (χ3v) is 13.7. The monoisotopic (exact) mass is 952 g/mol. The molecule has 2 N–H and O–H groups in total. The second-order valence-corrected chi connectivity index (χ2v) is 20.2. The minimum atomic E-state index is -2.83. The van der Waals surface area contributed by atoms with Crippen LogP contribution in [0.3, 0.4) is 0 Å². The molecule has 5 heterocycles. The largest absolute Gasteiger partial charge is 0.464 e. The van der Waals surface area contributed by atoms with Gasteiger partial charge in [0.2, 0.25) is 5.91 Å². The van der Waals surface area contributed by atoms with Gasteiger partial charge in [-0.05, 0) is 120 Å². The van der Waals surface area contributed by atoms with E-state index in [-0.39, 0.29) is 49.9 Å². The molecule has 4 aromatic rings. The summed E-state index contributed by atoms with van der Waals surface area (Å²) in [5.41, 5.74) is 7.96. The van der Waals surface area contributed by atoms with Gasteiger partial charge in [0, 0.05) is 73.4 Å². The van der Waals surface area contributed by atoms with Crippen LogP contribution in [-0.4, -0.2) is 126 Å². The molecular formula is C53H67F2N7O7. The van der Waals surface area contributed by atoms with Crippen molar-refractivity contribution in [2.45, 2.75) is 117 Å². The highest BCUT2D eigenvalue weighted by atomic mass is 19.3. The normalized spacial score (nSPS) is 19.9. The van der Waals surface area contributed by atoms with Gasteiger partial charge in [0.1, 0.15) is 12.1 Å². The molecule has 3 aliphatic heterocycles. The molecule has 4 atom stereocenters. The summed E-state index contributed by atoms with van der Waals surface area (Å²) in [7, 11) is 5.43. The zero-order valence-corrected chi connectivity index (χ0v) is 41.6. The third-order valence-electron chi connectivity index (χ3n) is 13.7. The van der Waals surface area contributed by atoms with E-state index in [0.717, 1.165) is 33.4 Å². The average Bonchev–Trinajstić information content (AvgIpc) is 3.61. The number of amides is 3. The maximum absolute atomic E-state index is 14.9. The summed E-state index contributed by atoms with van der Waals surface area (Å²) in [6.45, 7) is 15.2. The molecule has 0 spiro atoms. The zero-order chi connectivity index (χ0) is 49.9. The van der Waals surface area contributed by atoms with Crippen LogP contribution in [0.1, 0.15) is 96.2 Å². The van der Waals surface area contributed by atoms with E-state index in [9.17, 15) is 28.0 Å². The average molecular weight is 952 g/mol. The molecular weight excluding hydrogens is 885 g/mol. The number of rotatable bonds is 11. The van der Waals surface area contributed by atoms with Crippen LogP contribution in [0.25, 0.3) is 33.3 Å². The van der Waals surface area contributed by atoms with E-state index in [2.05, 4.69) is 34.1 Å². The number of esters is 1. The SMILES string of the molecule is CCn1c(-c2cccnc2[C@H](C)OC)c2c3cc(ccc31)-c1cc(cc(C(F)F)c1)C[C@H](NC(=O)C(C)COC1CN(C(=O)C#CC(C)(C)N(C)C)C1)C(=O)N1CCC[C@H](N1)C(=O)OCC(C)(C)C2. The lowest BCUT2D eigenvalue weighted by atomic mass is 9.84. The van der Waals surface area contributed by atoms with Gasteiger partial charge in [0.05, 0.1) is 48.3 Å². The number of carbonyl (C=O) groups excluding carboxylic acids is 4. The number of hydrogen-bond donors (Lipinski definition) is 2. The first-order valence-corrected chi connectivity index (χ1v) is 23.9.